The van der Waals surface area contributed by atoms with Gasteiger partial charge in [0.15, 0.2) is 0 Å². The Morgan fingerprint density at radius 2 is 1.84 bits per heavy atom. The first-order chi connectivity index (χ1) is 12.1. The van der Waals surface area contributed by atoms with Crippen molar-refractivity contribution < 1.29 is 4.74 Å². The Labute approximate surface area is 154 Å². The predicted molar refractivity (Wildman–Crippen MR) is 102 cm³/mol. The second-order valence-electron chi connectivity index (χ2n) is 5.69. The van der Waals surface area contributed by atoms with E-state index in [1.807, 2.05) is 61.5 Å². The van der Waals surface area contributed by atoms with E-state index in [1.54, 1.807) is 4.57 Å². The lowest BCUT2D eigenvalue weighted by Crippen LogP contribution is -2.25. The summed E-state index contributed by atoms with van der Waals surface area (Å²) >= 11 is 3.32. The minimum Gasteiger partial charge on any atom is -0.472 e. The lowest BCUT2D eigenvalue weighted by molar-refractivity contribution is 0.288. The molecule has 0 aliphatic carbocycles. The maximum absolute atomic E-state index is 12.7. The fraction of sp³-hybridized carbons (Fsp3) is 0.158. The van der Waals surface area contributed by atoms with E-state index in [0.717, 1.165) is 11.1 Å². The van der Waals surface area contributed by atoms with Gasteiger partial charge in [0.25, 0.3) is 5.56 Å². The molecule has 2 aromatic carbocycles. The maximum atomic E-state index is 12.7. The molecule has 3 rings (SSSR count). The van der Waals surface area contributed by atoms with Crippen molar-refractivity contribution in [3.05, 3.63) is 86.9 Å². The third-order valence-electron chi connectivity index (χ3n) is 3.96. The second kappa shape index (κ2) is 7.53. The third-order valence-corrected chi connectivity index (χ3v) is 4.64. The highest BCUT2D eigenvalue weighted by molar-refractivity contribution is 9.10. The van der Waals surface area contributed by atoms with Crippen molar-refractivity contribution in [2.24, 2.45) is 0 Å². The third kappa shape index (κ3) is 3.91. The lowest BCUT2D eigenvalue weighted by atomic mass is 10.1. The lowest BCUT2D eigenvalue weighted by Gasteiger charge is -2.16. The van der Waals surface area contributed by atoms with Crippen LogP contribution in [-0.2, 0) is 6.61 Å². The van der Waals surface area contributed by atoms with Gasteiger partial charge in [-0.15, -0.1) is 0 Å². The highest BCUT2D eigenvalue weighted by Gasteiger charge is 2.15. The Bertz CT molecular complexity index is 908. The van der Waals surface area contributed by atoms with Crippen molar-refractivity contribution in [2.75, 3.05) is 5.73 Å². The number of anilines is 1. The van der Waals surface area contributed by atoms with E-state index in [0.29, 0.717) is 16.8 Å². The van der Waals surface area contributed by atoms with Crippen molar-refractivity contribution in [2.45, 2.75) is 19.6 Å². The fourth-order valence-corrected chi connectivity index (χ4v) is 2.89. The Morgan fingerprint density at radius 1 is 1.16 bits per heavy atom. The summed E-state index contributed by atoms with van der Waals surface area (Å²) in [7, 11) is 0. The van der Waals surface area contributed by atoms with Gasteiger partial charge in [0, 0.05) is 5.69 Å². The van der Waals surface area contributed by atoms with Crippen molar-refractivity contribution in [3.63, 3.8) is 0 Å². The molecule has 0 fully saturated rings. The highest BCUT2D eigenvalue weighted by atomic mass is 79.9. The molecule has 0 spiro atoms. The van der Waals surface area contributed by atoms with Gasteiger partial charge in [-0.3, -0.25) is 9.36 Å². The Hall–Kier alpha value is -2.60. The molecule has 1 heterocycles. The van der Waals surface area contributed by atoms with Gasteiger partial charge in [-0.2, -0.15) is 0 Å². The van der Waals surface area contributed by atoms with Crippen molar-refractivity contribution in [3.8, 4) is 5.88 Å². The minimum atomic E-state index is -0.192. The van der Waals surface area contributed by atoms with E-state index in [9.17, 15) is 4.79 Å². The molecule has 1 aromatic heterocycles. The van der Waals surface area contributed by atoms with E-state index in [2.05, 4.69) is 20.9 Å². The van der Waals surface area contributed by atoms with Crippen LogP contribution in [0.15, 0.2) is 70.2 Å². The van der Waals surface area contributed by atoms with Crippen LogP contribution in [-0.4, -0.2) is 9.55 Å². The summed E-state index contributed by atoms with van der Waals surface area (Å²) in [5, 5.41) is 0. The predicted octanol–water partition coefficient (Wildman–Crippen LogP) is 3.78. The molecule has 0 amide bonds. The van der Waals surface area contributed by atoms with Crippen molar-refractivity contribution in [1.82, 2.24) is 9.55 Å². The summed E-state index contributed by atoms with van der Waals surface area (Å²) in [6.45, 7) is 2.29. The number of nitrogens with zero attached hydrogens (tertiary/aromatic N) is 2. The number of hydrogen-bond acceptors (Lipinski definition) is 4. The highest BCUT2D eigenvalue weighted by Crippen LogP contribution is 2.22. The van der Waals surface area contributed by atoms with Gasteiger partial charge in [-0.25, -0.2) is 4.98 Å². The average molecular weight is 400 g/mol. The van der Waals surface area contributed by atoms with Gasteiger partial charge in [-0.1, -0.05) is 42.5 Å². The number of ether oxygens (including phenoxy) is 1. The van der Waals surface area contributed by atoms with Gasteiger partial charge in [0.1, 0.15) is 17.4 Å². The SMILES string of the molecule is CC(c1ccc(N)cc1)n1cnc(OCc2ccccc2)c(Br)c1=O. The van der Waals surface area contributed by atoms with Crippen LogP contribution in [0.3, 0.4) is 0 Å². The largest absolute Gasteiger partial charge is 0.472 e. The Morgan fingerprint density at radius 3 is 2.52 bits per heavy atom. The molecule has 0 saturated carbocycles. The molecule has 0 radical (unpaired) electrons. The molecule has 2 N–H and O–H groups in total. The Balaban J connectivity index is 1.82. The first kappa shape index (κ1) is 17.2. The van der Waals surface area contributed by atoms with Crippen LogP contribution < -0.4 is 16.0 Å². The van der Waals surface area contributed by atoms with Crippen LogP contribution in [0.5, 0.6) is 5.88 Å². The molecule has 6 heteroatoms. The zero-order chi connectivity index (χ0) is 17.8. The standard InChI is InChI=1S/C19H18BrN3O2/c1-13(15-7-9-16(21)10-8-15)23-12-22-18(17(20)19(23)24)25-11-14-5-3-2-4-6-14/h2-10,12-13H,11,21H2,1H3. The van der Waals surface area contributed by atoms with Gasteiger partial charge in [-0.05, 0) is 46.1 Å². The zero-order valence-electron chi connectivity index (χ0n) is 13.7. The first-order valence-corrected chi connectivity index (χ1v) is 8.64. The van der Waals surface area contributed by atoms with Crippen LogP contribution in [0.4, 0.5) is 5.69 Å². The van der Waals surface area contributed by atoms with Crippen molar-refractivity contribution in [1.29, 1.82) is 0 Å². The van der Waals surface area contributed by atoms with Gasteiger partial charge < -0.3 is 10.5 Å². The smallest absolute Gasteiger partial charge is 0.272 e. The van der Waals surface area contributed by atoms with Gasteiger partial charge >= 0.3 is 0 Å². The van der Waals surface area contributed by atoms with Gasteiger partial charge in [0.05, 0.1) is 6.04 Å². The topological polar surface area (TPSA) is 70.1 Å². The monoisotopic (exact) mass is 399 g/mol. The summed E-state index contributed by atoms with van der Waals surface area (Å²) in [6.07, 6.45) is 1.51. The minimum absolute atomic E-state index is 0.167. The van der Waals surface area contributed by atoms with Crippen LogP contribution in [0.25, 0.3) is 0 Å². The molecule has 25 heavy (non-hydrogen) atoms. The molecule has 128 valence electrons. The number of halogens is 1. The van der Waals surface area contributed by atoms with Crippen LogP contribution >= 0.6 is 15.9 Å². The summed E-state index contributed by atoms with van der Waals surface area (Å²) in [5.41, 5.74) is 8.20. The summed E-state index contributed by atoms with van der Waals surface area (Å²) < 4.78 is 7.55. The molecule has 0 saturated heterocycles. The van der Waals surface area contributed by atoms with E-state index < -0.39 is 0 Å². The molecule has 5 nitrogen and oxygen atoms in total. The molecule has 0 bridgehead atoms. The summed E-state index contributed by atoms with van der Waals surface area (Å²) in [5.74, 6) is 0.287. The van der Waals surface area contributed by atoms with Crippen LogP contribution in [0.2, 0.25) is 0 Å². The van der Waals surface area contributed by atoms with Crippen molar-refractivity contribution >= 4 is 21.6 Å². The summed E-state index contributed by atoms with van der Waals surface area (Å²) in [4.78, 5) is 16.9. The number of nitrogens with two attached hydrogens (primary N) is 1. The number of aromatic nitrogens is 2. The summed E-state index contributed by atoms with van der Waals surface area (Å²) in [6, 6.07) is 17.0. The van der Waals surface area contributed by atoms with E-state index in [-0.39, 0.29) is 17.5 Å². The van der Waals surface area contributed by atoms with E-state index in [1.165, 1.54) is 6.33 Å². The van der Waals surface area contributed by atoms with Crippen LogP contribution in [0, 0.1) is 0 Å². The first-order valence-electron chi connectivity index (χ1n) is 7.85. The number of benzene rings is 2. The normalized spacial score (nSPS) is 11.9. The quantitative estimate of drug-likeness (QED) is 0.662. The van der Waals surface area contributed by atoms with E-state index >= 15 is 0 Å². The molecule has 1 atom stereocenters. The molecule has 3 aromatic rings. The fourth-order valence-electron chi connectivity index (χ4n) is 2.47. The molecule has 1 unspecified atom stereocenters. The molecule has 0 aliphatic rings. The average Bonchev–Trinajstić information content (AvgIpc) is 2.64. The maximum Gasteiger partial charge on any atom is 0.272 e. The number of hydrogen-bond donors (Lipinski definition) is 1. The zero-order valence-corrected chi connectivity index (χ0v) is 15.3. The molecular weight excluding hydrogens is 382 g/mol. The van der Waals surface area contributed by atoms with Gasteiger partial charge in [0.2, 0.25) is 5.88 Å². The second-order valence-corrected chi connectivity index (χ2v) is 6.49. The van der Waals surface area contributed by atoms with E-state index in [4.69, 9.17) is 10.5 Å². The molecule has 0 aliphatic heterocycles. The molecular formula is C19H18BrN3O2. The van der Waals surface area contributed by atoms with Crippen LogP contribution in [0.1, 0.15) is 24.1 Å². The number of nitrogen functional groups attached to an aromatic ring is 1. The Kier molecular flexibility index (Phi) is 5.19. The number of rotatable bonds is 5.